The summed E-state index contributed by atoms with van der Waals surface area (Å²) in [5, 5.41) is 3.45. The van der Waals surface area contributed by atoms with E-state index in [1.165, 1.54) is 57.8 Å². The lowest BCUT2D eigenvalue weighted by Crippen LogP contribution is -2.48. The zero-order valence-electron chi connectivity index (χ0n) is 12.1. The minimum Gasteiger partial charge on any atom is -0.342 e. The Bertz CT molecular complexity index is 311. The van der Waals surface area contributed by atoms with E-state index < -0.39 is 0 Å². The van der Waals surface area contributed by atoms with Gasteiger partial charge in [0.1, 0.15) is 0 Å². The summed E-state index contributed by atoms with van der Waals surface area (Å²) in [4.78, 5) is 14.7. The largest absolute Gasteiger partial charge is 0.342 e. The molecular formula is C16H28N2O. The third-order valence-electron chi connectivity index (χ3n) is 5.51. The number of likely N-dealkylation sites (tertiary alicyclic amines) is 1. The molecule has 2 aliphatic heterocycles. The molecule has 3 fully saturated rings. The van der Waals surface area contributed by atoms with E-state index in [1.54, 1.807) is 0 Å². The lowest BCUT2D eigenvalue weighted by Gasteiger charge is -2.45. The van der Waals surface area contributed by atoms with Gasteiger partial charge in [0.25, 0.3) is 0 Å². The molecule has 1 unspecified atom stereocenters. The third kappa shape index (κ3) is 3.13. The van der Waals surface area contributed by atoms with Gasteiger partial charge in [-0.15, -0.1) is 0 Å². The molecule has 3 aliphatic rings. The maximum absolute atomic E-state index is 12.5. The van der Waals surface area contributed by atoms with E-state index in [0.717, 1.165) is 26.1 Å². The van der Waals surface area contributed by atoms with Gasteiger partial charge in [0.05, 0.1) is 0 Å². The van der Waals surface area contributed by atoms with Gasteiger partial charge < -0.3 is 10.2 Å². The quantitative estimate of drug-likeness (QED) is 0.831. The number of nitrogens with one attached hydrogen (secondary N) is 1. The van der Waals surface area contributed by atoms with Crippen molar-refractivity contribution in [1.82, 2.24) is 10.2 Å². The Morgan fingerprint density at radius 2 is 1.89 bits per heavy atom. The lowest BCUT2D eigenvalue weighted by atomic mass is 9.69. The van der Waals surface area contributed by atoms with E-state index in [4.69, 9.17) is 0 Å². The number of carbonyl (C=O) groups excluding carboxylic acids is 1. The standard InChI is InChI=1S/C16H28N2O/c19-15(12-14-6-4-10-17-14)18-11-5-9-16(13-18)7-2-1-3-8-16/h14,17H,1-13H2. The number of rotatable bonds is 2. The Morgan fingerprint density at radius 3 is 2.63 bits per heavy atom. The SMILES string of the molecule is O=C(CC1CCCN1)N1CCCC2(CCCCC2)C1. The molecular weight excluding hydrogens is 236 g/mol. The Kier molecular flexibility index (Phi) is 4.11. The fraction of sp³-hybridized carbons (Fsp3) is 0.938. The maximum atomic E-state index is 12.5. The molecule has 2 heterocycles. The zero-order valence-corrected chi connectivity index (χ0v) is 12.1. The number of nitrogens with zero attached hydrogens (tertiary/aromatic N) is 1. The Hall–Kier alpha value is -0.570. The normalized spacial score (nSPS) is 30.7. The molecule has 1 spiro atoms. The van der Waals surface area contributed by atoms with Crippen LogP contribution in [0.25, 0.3) is 0 Å². The average Bonchev–Trinajstić information content (AvgIpc) is 2.92. The Balaban J connectivity index is 1.56. The molecule has 0 aromatic carbocycles. The maximum Gasteiger partial charge on any atom is 0.224 e. The molecule has 1 amide bonds. The van der Waals surface area contributed by atoms with E-state index in [2.05, 4.69) is 10.2 Å². The summed E-state index contributed by atoms with van der Waals surface area (Å²) in [5.74, 6) is 0.407. The van der Waals surface area contributed by atoms with E-state index in [0.29, 0.717) is 17.4 Å². The highest BCUT2D eigenvalue weighted by molar-refractivity contribution is 5.77. The van der Waals surface area contributed by atoms with Crippen LogP contribution in [0.15, 0.2) is 0 Å². The second-order valence-corrected chi connectivity index (χ2v) is 6.98. The van der Waals surface area contributed by atoms with Crippen LogP contribution in [0, 0.1) is 5.41 Å². The first-order valence-electron chi connectivity index (χ1n) is 8.29. The van der Waals surface area contributed by atoms with E-state index >= 15 is 0 Å². The minimum absolute atomic E-state index is 0.407. The molecule has 3 heteroatoms. The summed E-state index contributed by atoms with van der Waals surface area (Å²) >= 11 is 0. The van der Waals surface area contributed by atoms with Crippen LogP contribution in [0.5, 0.6) is 0 Å². The van der Waals surface area contributed by atoms with Crippen LogP contribution in [0.3, 0.4) is 0 Å². The van der Waals surface area contributed by atoms with Crippen molar-refractivity contribution in [2.45, 2.75) is 70.3 Å². The topological polar surface area (TPSA) is 32.3 Å². The van der Waals surface area contributed by atoms with Gasteiger partial charge in [0.2, 0.25) is 5.91 Å². The zero-order chi connectivity index (χ0) is 13.1. The smallest absolute Gasteiger partial charge is 0.224 e. The first-order valence-corrected chi connectivity index (χ1v) is 8.29. The second-order valence-electron chi connectivity index (χ2n) is 6.98. The van der Waals surface area contributed by atoms with Crippen LogP contribution in [-0.4, -0.2) is 36.5 Å². The summed E-state index contributed by atoms with van der Waals surface area (Å²) in [7, 11) is 0. The predicted octanol–water partition coefficient (Wildman–Crippen LogP) is 2.70. The summed E-state index contributed by atoms with van der Waals surface area (Å²) in [6.07, 6.45) is 12.6. The van der Waals surface area contributed by atoms with Crippen molar-refractivity contribution >= 4 is 5.91 Å². The van der Waals surface area contributed by atoms with Gasteiger partial charge in [-0.3, -0.25) is 4.79 Å². The molecule has 1 aliphatic carbocycles. The second kappa shape index (κ2) is 5.82. The number of piperidine rings is 1. The molecule has 1 saturated carbocycles. The van der Waals surface area contributed by atoms with Gasteiger partial charge in [-0.1, -0.05) is 19.3 Å². The van der Waals surface area contributed by atoms with Gasteiger partial charge in [0.15, 0.2) is 0 Å². The van der Waals surface area contributed by atoms with E-state index in [1.807, 2.05) is 0 Å². The third-order valence-corrected chi connectivity index (χ3v) is 5.51. The van der Waals surface area contributed by atoms with Gasteiger partial charge in [-0.05, 0) is 50.5 Å². The molecule has 0 bridgehead atoms. The molecule has 3 nitrogen and oxygen atoms in total. The Morgan fingerprint density at radius 1 is 1.11 bits per heavy atom. The molecule has 1 atom stereocenters. The van der Waals surface area contributed by atoms with Crippen molar-refractivity contribution in [2.24, 2.45) is 5.41 Å². The van der Waals surface area contributed by atoms with Crippen LogP contribution < -0.4 is 5.32 Å². The summed E-state index contributed by atoms with van der Waals surface area (Å²) in [5.41, 5.74) is 0.495. The van der Waals surface area contributed by atoms with Crippen molar-refractivity contribution in [3.63, 3.8) is 0 Å². The number of amides is 1. The molecule has 0 aromatic heterocycles. The van der Waals surface area contributed by atoms with Crippen LogP contribution in [0.1, 0.15) is 64.2 Å². The molecule has 1 N–H and O–H groups in total. The average molecular weight is 264 g/mol. The minimum atomic E-state index is 0.407. The first kappa shape index (κ1) is 13.4. The molecule has 2 saturated heterocycles. The van der Waals surface area contributed by atoms with Gasteiger partial charge in [-0.2, -0.15) is 0 Å². The molecule has 3 rings (SSSR count). The van der Waals surface area contributed by atoms with Crippen molar-refractivity contribution in [1.29, 1.82) is 0 Å². The molecule has 108 valence electrons. The van der Waals surface area contributed by atoms with Crippen molar-refractivity contribution in [3.05, 3.63) is 0 Å². The number of carbonyl (C=O) groups is 1. The highest BCUT2D eigenvalue weighted by Gasteiger charge is 2.38. The van der Waals surface area contributed by atoms with E-state index in [-0.39, 0.29) is 0 Å². The van der Waals surface area contributed by atoms with Crippen molar-refractivity contribution < 1.29 is 4.79 Å². The molecule has 19 heavy (non-hydrogen) atoms. The predicted molar refractivity (Wildman–Crippen MR) is 77.0 cm³/mol. The van der Waals surface area contributed by atoms with Gasteiger partial charge in [0, 0.05) is 25.6 Å². The number of hydrogen-bond acceptors (Lipinski definition) is 2. The highest BCUT2D eigenvalue weighted by atomic mass is 16.2. The fourth-order valence-corrected chi connectivity index (χ4v) is 4.40. The van der Waals surface area contributed by atoms with E-state index in [9.17, 15) is 4.79 Å². The van der Waals surface area contributed by atoms with Crippen LogP contribution >= 0.6 is 0 Å². The Labute approximate surface area is 117 Å². The summed E-state index contributed by atoms with van der Waals surface area (Å²) < 4.78 is 0. The molecule has 0 aromatic rings. The van der Waals surface area contributed by atoms with Crippen molar-refractivity contribution in [3.8, 4) is 0 Å². The first-order chi connectivity index (χ1) is 9.27. The molecule has 0 radical (unpaired) electrons. The van der Waals surface area contributed by atoms with Gasteiger partial charge in [-0.25, -0.2) is 0 Å². The van der Waals surface area contributed by atoms with Crippen molar-refractivity contribution in [2.75, 3.05) is 19.6 Å². The highest BCUT2D eigenvalue weighted by Crippen LogP contribution is 2.43. The summed E-state index contributed by atoms with van der Waals surface area (Å²) in [6, 6.07) is 0.455. The lowest BCUT2D eigenvalue weighted by molar-refractivity contribution is -0.135. The van der Waals surface area contributed by atoms with Crippen LogP contribution in [-0.2, 0) is 4.79 Å². The van der Waals surface area contributed by atoms with Gasteiger partial charge >= 0.3 is 0 Å². The summed E-state index contributed by atoms with van der Waals surface area (Å²) in [6.45, 7) is 3.16. The monoisotopic (exact) mass is 264 g/mol. The van der Waals surface area contributed by atoms with Crippen LogP contribution in [0.4, 0.5) is 0 Å². The van der Waals surface area contributed by atoms with Crippen LogP contribution in [0.2, 0.25) is 0 Å². The fourth-order valence-electron chi connectivity index (χ4n) is 4.40. The number of hydrogen-bond donors (Lipinski definition) is 1.